The van der Waals surface area contributed by atoms with Crippen LogP contribution in [0.4, 0.5) is 8.78 Å². The van der Waals surface area contributed by atoms with E-state index in [4.69, 9.17) is 0 Å². The van der Waals surface area contributed by atoms with E-state index in [-0.39, 0.29) is 30.2 Å². The Hall–Kier alpha value is -3.11. The molecule has 4 rings (SSSR count). The molecule has 0 spiro atoms. The molecule has 1 aromatic carbocycles. The van der Waals surface area contributed by atoms with E-state index < -0.39 is 6.61 Å². The highest BCUT2D eigenvalue weighted by molar-refractivity contribution is 7.19. The van der Waals surface area contributed by atoms with Gasteiger partial charge in [0.25, 0.3) is 5.56 Å². The summed E-state index contributed by atoms with van der Waals surface area (Å²) in [6.07, 6.45) is -0.0560. The molecule has 0 bridgehead atoms. The highest BCUT2D eigenvalue weighted by atomic mass is 32.1. The topological polar surface area (TPSA) is 75.3 Å². The maximum Gasteiger partial charge on any atom is 0.387 e. The molecule has 0 unspecified atom stereocenters. The molecule has 6 nitrogen and oxygen atoms in total. The van der Waals surface area contributed by atoms with Gasteiger partial charge < -0.3 is 14.6 Å². The Morgan fingerprint density at radius 3 is 2.62 bits per heavy atom. The average Bonchev–Trinajstić information content (AvgIpc) is 3.35. The molecule has 0 aliphatic rings. The molecular formula is C22H19F2N3O3S2. The number of amides is 1. The second-order valence-corrected chi connectivity index (χ2v) is 9.35. The number of nitrogens with zero attached hydrogens (tertiary/aromatic N) is 2. The van der Waals surface area contributed by atoms with Crippen molar-refractivity contribution in [3.63, 3.8) is 0 Å². The van der Waals surface area contributed by atoms with Gasteiger partial charge in [-0.15, -0.1) is 22.7 Å². The Morgan fingerprint density at radius 1 is 1.22 bits per heavy atom. The third-order valence-corrected chi connectivity index (χ3v) is 6.72. The molecule has 0 radical (unpaired) electrons. The number of ether oxygens (including phenoxy) is 1. The van der Waals surface area contributed by atoms with Crippen LogP contribution in [0.3, 0.4) is 0 Å². The number of nitrogens with one attached hydrogen (secondary N) is 1. The normalized spacial score (nSPS) is 11.3. The molecule has 0 aliphatic heterocycles. The van der Waals surface area contributed by atoms with Gasteiger partial charge in [-0.25, -0.2) is 4.98 Å². The lowest BCUT2D eigenvalue weighted by Crippen LogP contribution is -2.29. The number of rotatable bonds is 7. The fraction of sp³-hybridized carbons (Fsp3) is 0.227. The second kappa shape index (κ2) is 9.17. The number of alkyl halides is 2. The Bertz CT molecular complexity index is 1310. The minimum atomic E-state index is -2.88. The van der Waals surface area contributed by atoms with Crippen LogP contribution in [0, 0.1) is 6.92 Å². The zero-order valence-electron chi connectivity index (χ0n) is 17.2. The van der Waals surface area contributed by atoms with Gasteiger partial charge in [0.05, 0.1) is 11.8 Å². The summed E-state index contributed by atoms with van der Waals surface area (Å²) in [5, 5.41) is 2.45. The number of aromatic amines is 1. The fourth-order valence-corrected chi connectivity index (χ4v) is 5.18. The number of thiophene rings is 2. The van der Waals surface area contributed by atoms with E-state index in [0.29, 0.717) is 16.0 Å². The van der Waals surface area contributed by atoms with E-state index in [1.54, 1.807) is 30.5 Å². The molecule has 3 heterocycles. The number of likely N-dealkylation sites (N-methyl/N-ethyl adjacent to an activating group) is 1. The zero-order valence-corrected chi connectivity index (χ0v) is 18.9. The maximum atomic E-state index is 12.7. The molecule has 1 N–H and O–H groups in total. The highest BCUT2D eigenvalue weighted by Gasteiger charge is 2.17. The number of hydrogen-bond acceptors (Lipinski definition) is 6. The van der Waals surface area contributed by atoms with E-state index in [9.17, 15) is 18.4 Å². The van der Waals surface area contributed by atoms with Crippen LogP contribution < -0.4 is 10.3 Å². The van der Waals surface area contributed by atoms with E-state index in [1.165, 1.54) is 28.4 Å². The molecule has 1 amide bonds. The van der Waals surface area contributed by atoms with Gasteiger partial charge in [0, 0.05) is 34.3 Å². The van der Waals surface area contributed by atoms with Gasteiger partial charge in [0.1, 0.15) is 16.4 Å². The van der Waals surface area contributed by atoms with Gasteiger partial charge >= 0.3 is 6.61 Å². The third kappa shape index (κ3) is 4.86. The van der Waals surface area contributed by atoms with Crippen LogP contribution in [-0.2, 0) is 17.8 Å². The minimum Gasteiger partial charge on any atom is -0.435 e. The summed E-state index contributed by atoms with van der Waals surface area (Å²) in [4.78, 5) is 36.9. The lowest BCUT2D eigenvalue weighted by atomic mass is 10.2. The number of aromatic nitrogens is 2. The van der Waals surface area contributed by atoms with Crippen LogP contribution in [0.5, 0.6) is 5.75 Å². The summed E-state index contributed by atoms with van der Waals surface area (Å²) >= 11 is 2.99. The van der Waals surface area contributed by atoms with Crippen molar-refractivity contribution in [2.45, 2.75) is 26.5 Å². The molecule has 0 aliphatic carbocycles. The minimum absolute atomic E-state index is 0.0560. The van der Waals surface area contributed by atoms with Crippen LogP contribution in [0.25, 0.3) is 20.7 Å². The average molecular weight is 476 g/mol. The van der Waals surface area contributed by atoms with E-state index in [0.717, 1.165) is 20.9 Å². The van der Waals surface area contributed by atoms with E-state index in [1.807, 2.05) is 24.4 Å². The van der Waals surface area contributed by atoms with Crippen LogP contribution >= 0.6 is 22.7 Å². The number of H-pyrrole nitrogens is 1. The SMILES string of the molecule is Cc1ccc(-c2csc3nc(CC(=O)N(C)Cc4ccc(OC(F)F)cc4)[nH]c(=O)c23)s1. The Balaban J connectivity index is 1.47. The summed E-state index contributed by atoms with van der Waals surface area (Å²) in [5.41, 5.74) is 1.34. The monoisotopic (exact) mass is 475 g/mol. The van der Waals surface area contributed by atoms with Crippen LogP contribution in [0.15, 0.2) is 46.6 Å². The molecule has 0 saturated heterocycles. The molecule has 32 heavy (non-hydrogen) atoms. The van der Waals surface area contributed by atoms with Crippen molar-refractivity contribution in [3.05, 3.63) is 68.4 Å². The third-order valence-electron chi connectivity index (χ3n) is 4.81. The number of hydrogen-bond donors (Lipinski definition) is 1. The fourth-order valence-electron chi connectivity index (χ4n) is 3.25. The number of fused-ring (bicyclic) bond motifs is 1. The first-order chi connectivity index (χ1) is 15.3. The van der Waals surface area contributed by atoms with Crippen molar-refractivity contribution in [1.82, 2.24) is 14.9 Å². The maximum absolute atomic E-state index is 12.7. The largest absolute Gasteiger partial charge is 0.435 e. The number of carbonyl (C=O) groups excluding carboxylic acids is 1. The van der Waals surface area contributed by atoms with Crippen molar-refractivity contribution in [2.24, 2.45) is 0 Å². The van der Waals surface area contributed by atoms with Gasteiger partial charge in [-0.3, -0.25) is 9.59 Å². The van der Waals surface area contributed by atoms with Gasteiger partial charge in [-0.05, 0) is 36.8 Å². The summed E-state index contributed by atoms with van der Waals surface area (Å²) in [6.45, 7) is -0.594. The molecular weight excluding hydrogens is 456 g/mol. The van der Waals surface area contributed by atoms with Gasteiger partial charge in [0.15, 0.2) is 0 Å². The molecule has 0 saturated carbocycles. The standard InChI is InChI=1S/C22H19F2N3O3S2/c1-12-3-8-16(32-12)15-11-31-21-19(15)20(29)25-17(26-21)9-18(28)27(2)10-13-4-6-14(7-5-13)30-22(23)24/h3-8,11,22H,9-10H2,1-2H3,(H,25,26,29). The predicted octanol–water partition coefficient (Wildman–Crippen LogP) is 4.82. The van der Waals surface area contributed by atoms with Gasteiger partial charge in [0.2, 0.25) is 5.91 Å². The molecule has 4 aromatic rings. The highest BCUT2D eigenvalue weighted by Crippen LogP contribution is 2.35. The molecule has 10 heteroatoms. The zero-order chi connectivity index (χ0) is 22.8. The van der Waals surface area contributed by atoms with Crippen molar-refractivity contribution < 1.29 is 18.3 Å². The number of aryl methyl sites for hydroxylation is 1. The molecule has 166 valence electrons. The molecule has 3 aromatic heterocycles. The van der Waals surface area contributed by atoms with E-state index in [2.05, 4.69) is 14.7 Å². The Kier molecular flexibility index (Phi) is 6.33. The summed E-state index contributed by atoms with van der Waals surface area (Å²) in [5.74, 6) is 0.127. The molecule has 0 atom stereocenters. The van der Waals surface area contributed by atoms with Crippen molar-refractivity contribution >= 4 is 38.8 Å². The summed E-state index contributed by atoms with van der Waals surface area (Å²) in [6, 6.07) is 10.1. The summed E-state index contributed by atoms with van der Waals surface area (Å²) < 4.78 is 28.8. The van der Waals surface area contributed by atoms with Gasteiger partial charge in [-0.1, -0.05) is 12.1 Å². The van der Waals surface area contributed by atoms with Crippen molar-refractivity contribution in [3.8, 4) is 16.2 Å². The quantitative estimate of drug-likeness (QED) is 0.416. The molecule has 0 fully saturated rings. The Morgan fingerprint density at radius 2 is 1.97 bits per heavy atom. The smallest absolute Gasteiger partial charge is 0.387 e. The lowest BCUT2D eigenvalue weighted by Gasteiger charge is -2.17. The van der Waals surface area contributed by atoms with Crippen molar-refractivity contribution in [1.29, 1.82) is 0 Å². The number of halogens is 2. The first-order valence-corrected chi connectivity index (χ1v) is 11.3. The van der Waals surface area contributed by atoms with Crippen LogP contribution in [-0.4, -0.2) is 34.4 Å². The van der Waals surface area contributed by atoms with Crippen LogP contribution in [0.2, 0.25) is 0 Å². The lowest BCUT2D eigenvalue weighted by molar-refractivity contribution is -0.129. The first kappa shape index (κ1) is 22.1. The number of benzene rings is 1. The first-order valence-electron chi connectivity index (χ1n) is 9.65. The summed E-state index contributed by atoms with van der Waals surface area (Å²) in [7, 11) is 1.63. The van der Waals surface area contributed by atoms with Gasteiger partial charge in [-0.2, -0.15) is 8.78 Å². The van der Waals surface area contributed by atoms with E-state index >= 15 is 0 Å². The Labute approximate surface area is 190 Å². The predicted molar refractivity (Wildman–Crippen MR) is 122 cm³/mol. The van der Waals surface area contributed by atoms with Crippen LogP contribution in [0.1, 0.15) is 16.3 Å². The second-order valence-electron chi connectivity index (χ2n) is 7.20. The van der Waals surface area contributed by atoms with Crippen molar-refractivity contribution in [2.75, 3.05) is 7.05 Å². The number of carbonyl (C=O) groups is 1.